The smallest absolute Gasteiger partial charge is 0.456 e. The van der Waals surface area contributed by atoms with E-state index in [9.17, 15) is 9.59 Å². The second kappa shape index (κ2) is 19.1. The summed E-state index contributed by atoms with van der Waals surface area (Å²) in [5.74, 6) is -0.756. The van der Waals surface area contributed by atoms with Crippen LogP contribution in [0, 0.1) is 0 Å². The van der Waals surface area contributed by atoms with E-state index in [1.165, 1.54) is 23.1 Å². The van der Waals surface area contributed by atoms with Gasteiger partial charge in [0.2, 0.25) is 0 Å². The molecular formula is C40H38BBrCl2N2O6S2. The Kier molecular flexibility index (Phi) is 15.2. The van der Waals surface area contributed by atoms with E-state index >= 15 is 0 Å². The van der Waals surface area contributed by atoms with Crippen LogP contribution in [0.5, 0.6) is 0 Å². The molecule has 0 radical (unpaired) electrons. The maximum Gasteiger partial charge on any atom is 0.488 e. The van der Waals surface area contributed by atoms with Gasteiger partial charge < -0.3 is 19.5 Å². The first-order chi connectivity index (χ1) is 25.4. The van der Waals surface area contributed by atoms with E-state index in [4.69, 9.17) is 42.7 Å². The molecule has 280 valence electrons. The van der Waals surface area contributed by atoms with Crippen molar-refractivity contribution >= 4 is 86.7 Å². The van der Waals surface area contributed by atoms with Gasteiger partial charge in [-0.3, -0.25) is 0 Å². The minimum Gasteiger partial charge on any atom is -0.456 e. The first kappa shape index (κ1) is 42.9. The van der Waals surface area contributed by atoms with Gasteiger partial charge in [-0.15, -0.1) is 0 Å². The van der Waals surface area contributed by atoms with Crippen molar-refractivity contribution in [2.24, 2.45) is 0 Å². The fourth-order valence-electron chi connectivity index (χ4n) is 4.61. The maximum absolute atomic E-state index is 12.9. The van der Waals surface area contributed by atoms with Crippen LogP contribution in [0.2, 0.25) is 10.0 Å². The van der Waals surface area contributed by atoms with E-state index in [0.717, 1.165) is 21.6 Å². The van der Waals surface area contributed by atoms with Crippen LogP contribution >= 0.6 is 62.2 Å². The maximum atomic E-state index is 12.9. The Morgan fingerprint density at radius 3 is 1.44 bits per heavy atom. The van der Waals surface area contributed by atoms with Crippen molar-refractivity contribution in [3.05, 3.63) is 134 Å². The van der Waals surface area contributed by atoms with Crippen LogP contribution < -0.4 is 5.46 Å². The molecule has 0 saturated heterocycles. The number of rotatable bonds is 6. The van der Waals surface area contributed by atoms with E-state index in [1.807, 2.05) is 102 Å². The third-order valence-electron chi connectivity index (χ3n) is 6.92. The average molecular weight is 869 g/mol. The summed E-state index contributed by atoms with van der Waals surface area (Å²) in [5.41, 5.74) is 4.18. The highest BCUT2D eigenvalue weighted by Crippen LogP contribution is 2.37. The second-order valence-electron chi connectivity index (χ2n) is 13.6. The predicted molar refractivity (Wildman–Crippen MR) is 225 cm³/mol. The summed E-state index contributed by atoms with van der Waals surface area (Å²) < 4.78 is 20.6. The van der Waals surface area contributed by atoms with Crippen LogP contribution in [0.15, 0.2) is 113 Å². The van der Waals surface area contributed by atoms with E-state index in [-0.39, 0.29) is 11.9 Å². The van der Waals surface area contributed by atoms with Gasteiger partial charge in [0.05, 0.1) is 16.3 Å². The SMILES string of the molecule is CC(C)(C)OC(=O)c1c(-c2ccc(Cl)cc2)nsc1-c1ccccc1.CC(C)(C)OC(=O)c1c(-c2ccc(Cl)cc2)nsc1Br.OB(O)c1ccccc1. The zero-order valence-electron chi connectivity index (χ0n) is 30.3. The molecule has 8 nitrogen and oxygen atoms in total. The molecule has 0 aliphatic heterocycles. The Morgan fingerprint density at radius 1 is 0.611 bits per heavy atom. The highest BCUT2D eigenvalue weighted by atomic mass is 79.9. The van der Waals surface area contributed by atoms with Gasteiger partial charge in [0, 0.05) is 21.2 Å². The summed E-state index contributed by atoms with van der Waals surface area (Å²) >= 11 is 17.7. The van der Waals surface area contributed by atoms with E-state index in [1.54, 1.807) is 48.5 Å². The first-order valence-corrected chi connectivity index (χ1v) is 19.6. The molecule has 0 saturated carbocycles. The number of esters is 2. The first-order valence-electron chi connectivity index (χ1n) is 16.5. The summed E-state index contributed by atoms with van der Waals surface area (Å²) in [4.78, 5) is 26.0. The van der Waals surface area contributed by atoms with Gasteiger partial charge in [-0.1, -0.05) is 108 Å². The topological polar surface area (TPSA) is 119 Å². The molecular weight excluding hydrogens is 830 g/mol. The van der Waals surface area contributed by atoms with Gasteiger partial charge in [0.15, 0.2) is 0 Å². The largest absolute Gasteiger partial charge is 0.488 e. The number of carbonyl (C=O) groups is 2. The molecule has 0 atom stereocenters. The summed E-state index contributed by atoms with van der Waals surface area (Å²) in [6.07, 6.45) is 0. The van der Waals surface area contributed by atoms with E-state index in [2.05, 4.69) is 24.7 Å². The number of carbonyl (C=O) groups excluding carboxylic acids is 2. The van der Waals surface area contributed by atoms with Crippen LogP contribution in [0.25, 0.3) is 33.0 Å². The zero-order valence-corrected chi connectivity index (χ0v) is 35.1. The standard InChI is InChI=1S/C20H18ClNO2S.C14H13BrClNO2S.C6H7BO2/c1-20(2,3)24-19(23)16-17(13-9-11-15(21)12-10-13)22-25-18(16)14-7-5-4-6-8-14;1-14(2,3)19-13(18)10-11(17-20-12(10)15)8-4-6-9(16)7-5-8;8-7(9)6-4-2-1-3-5-6/h4-12H,1-3H3;4-7H,1-3H3;1-5,8-9H. The van der Waals surface area contributed by atoms with Crippen LogP contribution in [-0.2, 0) is 9.47 Å². The molecule has 2 N–H and O–H groups in total. The normalized spacial score (nSPS) is 11.0. The van der Waals surface area contributed by atoms with Crippen molar-refractivity contribution in [2.45, 2.75) is 52.7 Å². The molecule has 54 heavy (non-hydrogen) atoms. The molecule has 0 fully saturated rings. The highest BCUT2D eigenvalue weighted by Gasteiger charge is 2.28. The minimum absolute atomic E-state index is 0.370. The van der Waals surface area contributed by atoms with Crippen LogP contribution in [0.3, 0.4) is 0 Å². The number of ether oxygens (including phenoxy) is 2. The molecule has 0 amide bonds. The lowest BCUT2D eigenvalue weighted by atomic mass is 9.81. The summed E-state index contributed by atoms with van der Waals surface area (Å²) in [5, 5.41) is 18.4. The Balaban J connectivity index is 0.000000199. The number of hydrogen-bond acceptors (Lipinski definition) is 10. The van der Waals surface area contributed by atoms with Crippen molar-refractivity contribution in [1.29, 1.82) is 0 Å². The predicted octanol–water partition coefficient (Wildman–Crippen LogP) is 10.6. The number of hydrogen-bond donors (Lipinski definition) is 2. The fourth-order valence-corrected chi connectivity index (χ4v) is 6.96. The molecule has 0 spiro atoms. The summed E-state index contributed by atoms with van der Waals surface area (Å²) in [6.45, 7) is 11.1. The molecule has 4 aromatic carbocycles. The van der Waals surface area contributed by atoms with Crippen LogP contribution in [0.1, 0.15) is 62.3 Å². The Labute approximate surface area is 342 Å². The average Bonchev–Trinajstić information content (AvgIpc) is 3.73. The lowest BCUT2D eigenvalue weighted by molar-refractivity contribution is 0.00581. The second-order valence-corrected chi connectivity index (χ2v) is 17.3. The monoisotopic (exact) mass is 866 g/mol. The van der Waals surface area contributed by atoms with Gasteiger partial charge >= 0.3 is 19.1 Å². The molecule has 2 aromatic heterocycles. The minimum atomic E-state index is -1.34. The lowest BCUT2D eigenvalue weighted by Gasteiger charge is -2.20. The van der Waals surface area contributed by atoms with E-state index in [0.29, 0.717) is 41.8 Å². The van der Waals surface area contributed by atoms with Crippen molar-refractivity contribution in [3.63, 3.8) is 0 Å². The van der Waals surface area contributed by atoms with Crippen LogP contribution in [0.4, 0.5) is 0 Å². The van der Waals surface area contributed by atoms with Gasteiger partial charge in [-0.2, -0.15) is 8.75 Å². The third-order valence-corrected chi connectivity index (χ3v) is 9.79. The molecule has 0 aliphatic rings. The molecule has 6 aromatic rings. The zero-order chi connectivity index (χ0) is 39.6. The summed E-state index contributed by atoms with van der Waals surface area (Å²) in [7, 11) is -1.34. The van der Waals surface area contributed by atoms with Crippen LogP contribution in [-0.4, -0.2) is 49.1 Å². The van der Waals surface area contributed by atoms with Gasteiger partial charge in [-0.05, 0) is 116 Å². The Morgan fingerprint density at radius 2 is 1.02 bits per heavy atom. The number of nitrogens with zero attached hydrogens (tertiary/aromatic N) is 2. The highest BCUT2D eigenvalue weighted by molar-refractivity contribution is 9.11. The van der Waals surface area contributed by atoms with Crippen molar-refractivity contribution in [1.82, 2.24) is 8.75 Å². The molecule has 0 unspecified atom stereocenters. The lowest BCUT2D eigenvalue weighted by Crippen LogP contribution is -2.29. The molecule has 14 heteroatoms. The van der Waals surface area contributed by atoms with Gasteiger partial charge in [0.1, 0.15) is 26.1 Å². The number of aromatic nitrogens is 2. The van der Waals surface area contributed by atoms with Gasteiger partial charge in [-0.25, -0.2) is 9.59 Å². The van der Waals surface area contributed by atoms with E-state index < -0.39 is 18.3 Å². The third kappa shape index (κ3) is 12.6. The quantitative estimate of drug-likeness (QED) is 0.125. The Bertz CT molecular complexity index is 2130. The van der Waals surface area contributed by atoms with Crippen molar-refractivity contribution in [3.8, 4) is 33.0 Å². The molecule has 2 heterocycles. The van der Waals surface area contributed by atoms with Gasteiger partial charge in [0.25, 0.3) is 0 Å². The van der Waals surface area contributed by atoms with Crippen molar-refractivity contribution < 1.29 is 29.1 Å². The fraction of sp³-hybridized carbons (Fsp3) is 0.200. The number of halogens is 3. The molecule has 0 bridgehead atoms. The summed E-state index contributed by atoms with van der Waals surface area (Å²) in [6, 6.07) is 32.9. The Hall–Kier alpha value is -3.88. The molecule has 6 rings (SSSR count). The van der Waals surface area contributed by atoms with Crippen molar-refractivity contribution in [2.75, 3.05) is 0 Å². The number of benzene rings is 4. The molecule has 0 aliphatic carbocycles.